The number of piperidine rings is 1. The van der Waals surface area contributed by atoms with Gasteiger partial charge in [0.05, 0.1) is 24.2 Å². The third-order valence-corrected chi connectivity index (χ3v) is 6.93. The summed E-state index contributed by atoms with van der Waals surface area (Å²) < 4.78 is 3.97. The largest absolute Gasteiger partial charge is 0.391 e. The summed E-state index contributed by atoms with van der Waals surface area (Å²) in [7, 11) is 0. The molecule has 2 aliphatic rings. The Morgan fingerprint density at radius 3 is 2.74 bits per heavy atom. The summed E-state index contributed by atoms with van der Waals surface area (Å²) in [6, 6.07) is 6.37. The van der Waals surface area contributed by atoms with Crippen LogP contribution in [0.25, 0.3) is 22.2 Å². The lowest BCUT2D eigenvalue weighted by Gasteiger charge is -2.33. The predicted molar refractivity (Wildman–Crippen MR) is 137 cm³/mol. The van der Waals surface area contributed by atoms with E-state index in [1.165, 1.54) is 12.8 Å². The van der Waals surface area contributed by atoms with Crippen molar-refractivity contribution in [1.29, 1.82) is 0 Å². The highest BCUT2D eigenvalue weighted by atomic mass is 16.3. The van der Waals surface area contributed by atoms with Crippen LogP contribution in [0.4, 0.5) is 17.3 Å². The zero-order valence-corrected chi connectivity index (χ0v) is 20.3. The smallest absolute Gasteiger partial charge is 0.160 e. The number of anilines is 3. The lowest BCUT2D eigenvalue weighted by molar-refractivity contribution is 0.154. The second kappa shape index (κ2) is 8.96. The number of pyridine rings is 2. The summed E-state index contributed by atoms with van der Waals surface area (Å²) in [5.74, 6) is 2.20. The van der Waals surface area contributed by atoms with Crippen molar-refractivity contribution in [3.63, 3.8) is 0 Å². The predicted octanol–water partition coefficient (Wildman–Crippen LogP) is 4.39. The molecule has 1 saturated heterocycles. The van der Waals surface area contributed by atoms with Gasteiger partial charge in [-0.15, -0.1) is 0 Å². The molecular weight excluding hydrogens is 440 g/mol. The summed E-state index contributed by atoms with van der Waals surface area (Å²) in [6.07, 6.45) is 11.8. The van der Waals surface area contributed by atoms with Crippen molar-refractivity contribution in [3.05, 3.63) is 43.0 Å². The highest BCUT2D eigenvalue weighted by Crippen LogP contribution is 2.35. The molecule has 1 saturated carbocycles. The van der Waals surface area contributed by atoms with E-state index in [9.17, 15) is 5.11 Å². The highest BCUT2D eigenvalue weighted by molar-refractivity contribution is 5.81. The van der Waals surface area contributed by atoms with Gasteiger partial charge >= 0.3 is 0 Å². The number of nitrogens with one attached hydrogen (secondary N) is 1. The molecule has 0 radical (unpaired) electrons. The van der Waals surface area contributed by atoms with E-state index >= 15 is 0 Å². The number of hydrogen-bond donors (Lipinski definition) is 2. The first-order valence-electron chi connectivity index (χ1n) is 12.6. The molecule has 2 fully saturated rings. The summed E-state index contributed by atoms with van der Waals surface area (Å²) in [5.41, 5.74) is 3.99. The molecule has 0 aromatic carbocycles. The van der Waals surface area contributed by atoms with Crippen molar-refractivity contribution in [3.8, 4) is 11.1 Å². The molecule has 4 aromatic heterocycles. The molecule has 1 aliphatic heterocycles. The molecule has 9 heteroatoms. The van der Waals surface area contributed by atoms with Crippen molar-refractivity contribution in [1.82, 2.24) is 29.5 Å². The number of aromatic nitrogens is 6. The van der Waals surface area contributed by atoms with Crippen LogP contribution >= 0.6 is 0 Å². The van der Waals surface area contributed by atoms with Gasteiger partial charge in [-0.2, -0.15) is 10.2 Å². The van der Waals surface area contributed by atoms with Crippen LogP contribution < -0.4 is 10.2 Å². The first-order valence-corrected chi connectivity index (χ1v) is 12.6. The van der Waals surface area contributed by atoms with E-state index in [4.69, 9.17) is 9.97 Å². The van der Waals surface area contributed by atoms with Crippen molar-refractivity contribution in [2.24, 2.45) is 5.92 Å². The van der Waals surface area contributed by atoms with Crippen LogP contribution in [0, 0.1) is 5.92 Å². The molecule has 1 atom stereocenters. The van der Waals surface area contributed by atoms with Gasteiger partial charge in [0.1, 0.15) is 11.6 Å². The van der Waals surface area contributed by atoms with Crippen LogP contribution in [0.15, 0.2) is 43.0 Å². The monoisotopic (exact) mass is 472 g/mol. The fourth-order valence-electron chi connectivity index (χ4n) is 4.76. The maximum Gasteiger partial charge on any atom is 0.160 e. The number of fused-ring (bicyclic) bond motifs is 1. The van der Waals surface area contributed by atoms with Crippen molar-refractivity contribution < 1.29 is 5.11 Å². The second-order valence-corrected chi connectivity index (χ2v) is 10.1. The average molecular weight is 473 g/mol. The maximum absolute atomic E-state index is 10.3. The SMILES string of the molecule is CC(C)n1cc(-c2cnc(Nc3ccc4cnn(CC5CC5)c4n3)cc2N2CCC[C@H](O)C2)cn1. The van der Waals surface area contributed by atoms with Gasteiger partial charge in [0, 0.05) is 60.6 Å². The van der Waals surface area contributed by atoms with Crippen molar-refractivity contribution in [2.75, 3.05) is 23.3 Å². The molecule has 0 unspecified atom stereocenters. The Morgan fingerprint density at radius 2 is 1.97 bits per heavy atom. The van der Waals surface area contributed by atoms with Gasteiger partial charge in [-0.25, -0.2) is 14.6 Å². The molecular formula is C26H32N8O. The second-order valence-electron chi connectivity index (χ2n) is 10.1. The summed E-state index contributed by atoms with van der Waals surface area (Å²) in [4.78, 5) is 11.8. The Morgan fingerprint density at radius 1 is 1.09 bits per heavy atom. The molecule has 5 heterocycles. The number of hydrogen-bond acceptors (Lipinski definition) is 7. The minimum atomic E-state index is -0.324. The standard InChI is InChI=1S/C26H32N8O/c1-17(2)33-15-20(12-28-33)22-13-27-25(10-23(22)32-9-3-4-21(35)16-32)30-24-8-7-19-11-29-34(26(19)31-24)14-18-5-6-18/h7-8,10-13,15,17-18,21,35H,3-6,9,14,16H2,1-2H3,(H,27,30,31)/t21-/m0/s1. The normalized spacial score (nSPS) is 18.5. The maximum atomic E-state index is 10.3. The number of β-amino-alcohol motifs (C(OH)–C–C–N with tert-alkyl or cyclic N) is 1. The zero-order chi connectivity index (χ0) is 23.9. The fourth-order valence-corrected chi connectivity index (χ4v) is 4.76. The van der Waals surface area contributed by atoms with Gasteiger partial charge in [-0.05, 0) is 57.6 Å². The topological polar surface area (TPSA) is 96.9 Å². The Labute approximate surface area is 204 Å². The number of aliphatic hydroxyl groups excluding tert-OH is 1. The number of aliphatic hydroxyl groups is 1. The third-order valence-electron chi connectivity index (χ3n) is 6.93. The van der Waals surface area contributed by atoms with Crippen LogP contribution in [-0.4, -0.2) is 53.8 Å². The average Bonchev–Trinajstić information content (AvgIpc) is 3.37. The van der Waals surface area contributed by atoms with Gasteiger partial charge in [0.2, 0.25) is 0 Å². The first-order chi connectivity index (χ1) is 17.0. The van der Waals surface area contributed by atoms with Crippen molar-refractivity contribution in [2.45, 2.75) is 58.2 Å². The molecule has 0 bridgehead atoms. The van der Waals surface area contributed by atoms with Gasteiger partial charge in [-0.1, -0.05) is 0 Å². The quantitative estimate of drug-likeness (QED) is 0.412. The lowest BCUT2D eigenvalue weighted by atomic mass is 10.0. The Kier molecular flexibility index (Phi) is 5.64. The van der Waals surface area contributed by atoms with Crippen LogP contribution in [0.1, 0.15) is 45.6 Å². The van der Waals surface area contributed by atoms with E-state index in [1.54, 1.807) is 0 Å². The van der Waals surface area contributed by atoms with E-state index in [2.05, 4.69) is 52.6 Å². The van der Waals surface area contributed by atoms with Crippen LogP contribution in [-0.2, 0) is 6.54 Å². The van der Waals surface area contributed by atoms with E-state index in [0.717, 1.165) is 71.3 Å². The molecule has 0 amide bonds. The lowest BCUT2D eigenvalue weighted by Crippen LogP contribution is -2.38. The van der Waals surface area contributed by atoms with E-state index in [0.29, 0.717) is 6.54 Å². The molecule has 182 valence electrons. The Balaban J connectivity index is 1.33. The fraction of sp³-hybridized carbons (Fsp3) is 0.462. The van der Waals surface area contributed by atoms with Gasteiger partial charge in [0.15, 0.2) is 5.65 Å². The highest BCUT2D eigenvalue weighted by Gasteiger charge is 2.24. The number of nitrogens with zero attached hydrogens (tertiary/aromatic N) is 7. The minimum Gasteiger partial charge on any atom is -0.391 e. The van der Waals surface area contributed by atoms with Crippen molar-refractivity contribution >= 4 is 28.4 Å². The Hall–Kier alpha value is -3.46. The molecule has 4 aromatic rings. The molecule has 1 aliphatic carbocycles. The van der Waals surface area contributed by atoms with E-state index in [-0.39, 0.29) is 12.1 Å². The van der Waals surface area contributed by atoms with Gasteiger partial charge in [-0.3, -0.25) is 4.68 Å². The van der Waals surface area contributed by atoms with E-state index < -0.39 is 0 Å². The van der Waals surface area contributed by atoms with Gasteiger partial charge < -0.3 is 15.3 Å². The van der Waals surface area contributed by atoms with Crippen LogP contribution in [0.5, 0.6) is 0 Å². The minimum absolute atomic E-state index is 0.284. The molecule has 6 rings (SSSR count). The summed E-state index contributed by atoms with van der Waals surface area (Å²) >= 11 is 0. The zero-order valence-electron chi connectivity index (χ0n) is 20.3. The molecule has 9 nitrogen and oxygen atoms in total. The Bertz CT molecular complexity index is 1340. The van der Waals surface area contributed by atoms with Crippen LogP contribution in [0.3, 0.4) is 0 Å². The van der Waals surface area contributed by atoms with Gasteiger partial charge in [0.25, 0.3) is 0 Å². The number of rotatable bonds is 7. The molecule has 0 spiro atoms. The summed E-state index contributed by atoms with van der Waals surface area (Å²) in [5, 5.41) is 23.9. The first kappa shape index (κ1) is 22.0. The van der Waals surface area contributed by atoms with Crippen LogP contribution in [0.2, 0.25) is 0 Å². The molecule has 35 heavy (non-hydrogen) atoms. The third kappa shape index (κ3) is 4.60. The molecule has 2 N–H and O–H groups in total. The van der Waals surface area contributed by atoms with E-state index in [1.807, 2.05) is 34.0 Å². The summed E-state index contributed by atoms with van der Waals surface area (Å²) in [6.45, 7) is 6.67.